The van der Waals surface area contributed by atoms with Gasteiger partial charge in [-0.05, 0) is 29.7 Å². The quantitative estimate of drug-likeness (QED) is 0.890. The molecular formula is C15H19N3O2S. The van der Waals surface area contributed by atoms with Crippen LogP contribution in [0.5, 0.6) is 0 Å². The highest BCUT2D eigenvalue weighted by Gasteiger charge is 2.15. The molecule has 2 N–H and O–H groups in total. The Hall–Kier alpha value is -2.08. The van der Waals surface area contributed by atoms with E-state index < -0.39 is 10.0 Å². The number of aromatic nitrogens is 1. The molecule has 0 saturated carbocycles. The third kappa shape index (κ3) is 3.72. The molecule has 0 unspecified atom stereocenters. The van der Waals surface area contributed by atoms with Gasteiger partial charge in [-0.15, -0.1) is 0 Å². The molecule has 0 aliphatic heterocycles. The number of sulfonamides is 1. The third-order valence-electron chi connectivity index (χ3n) is 3.13. The molecule has 0 spiro atoms. The van der Waals surface area contributed by atoms with Crippen LogP contribution in [0, 0.1) is 0 Å². The number of nitrogens with one attached hydrogen (secondary N) is 2. The lowest BCUT2D eigenvalue weighted by Crippen LogP contribution is -2.13. The fraction of sp³-hybridized carbons (Fsp3) is 0.267. The van der Waals surface area contributed by atoms with E-state index in [4.69, 9.17) is 0 Å². The number of anilines is 2. The average molecular weight is 305 g/mol. The monoisotopic (exact) mass is 305 g/mol. The van der Waals surface area contributed by atoms with Gasteiger partial charge in [-0.25, -0.2) is 13.4 Å². The minimum absolute atomic E-state index is 0.176. The zero-order valence-corrected chi connectivity index (χ0v) is 13.1. The molecule has 0 saturated heterocycles. The van der Waals surface area contributed by atoms with Crippen molar-refractivity contribution in [1.29, 1.82) is 0 Å². The summed E-state index contributed by atoms with van der Waals surface area (Å²) in [7, 11) is -1.92. The summed E-state index contributed by atoms with van der Waals surface area (Å²) < 4.78 is 27.2. The lowest BCUT2D eigenvalue weighted by atomic mass is 10.0. The summed E-state index contributed by atoms with van der Waals surface area (Å²) >= 11 is 0. The number of rotatable bonds is 5. The van der Waals surface area contributed by atoms with Gasteiger partial charge in [-0.3, -0.25) is 4.72 Å². The summed E-state index contributed by atoms with van der Waals surface area (Å²) in [5.41, 5.74) is 1.71. The minimum Gasteiger partial charge on any atom is -0.373 e. The summed E-state index contributed by atoms with van der Waals surface area (Å²) in [5, 5.41) is 2.82. The van der Waals surface area contributed by atoms with Gasteiger partial charge in [0, 0.05) is 25.0 Å². The number of hydrogen-bond donors (Lipinski definition) is 2. The van der Waals surface area contributed by atoms with E-state index in [9.17, 15) is 8.42 Å². The van der Waals surface area contributed by atoms with Crippen LogP contribution in [-0.2, 0) is 10.0 Å². The Kier molecular flexibility index (Phi) is 4.47. The first-order chi connectivity index (χ1) is 9.92. The lowest BCUT2D eigenvalue weighted by Gasteiger charge is -2.10. The van der Waals surface area contributed by atoms with E-state index in [-0.39, 0.29) is 4.90 Å². The lowest BCUT2D eigenvalue weighted by molar-refractivity contribution is 0.601. The van der Waals surface area contributed by atoms with E-state index in [0.29, 0.717) is 17.4 Å². The molecule has 0 amide bonds. The van der Waals surface area contributed by atoms with E-state index >= 15 is 0 Å². The van der Waals surface area contributed by atoms with Crippen LogP contribution in [-0.4, -0.2) is 20.4 Å². The van der Waals surface area contributed by atoms with Crippen LogP contribution in [0.1, 0.15) is 25.3 Å². The zero-order chi connectivity index (χ0) is 15.5. The Bertz CT molecular complexity index is 710. The molecule has 5 nitrogen and oxygen atoms in total. The second kappa shape index (κ2) is 6.13. The Morgan fingerprint density at radius 2 is 1.76 bits per heavy atom. The predicted octanol–water partition coefficient (Wildman–Crippen LogP) is 3.05. The summed E-state index contributed by atoms with van der Waals surface area (Å²) in [6, 6.07) is 10.3. The van der Waals surface area contributed by atoms with E-state index in [1.165, 1.54) is 23.9 Å². The SMILES string of the molecule is CNc1cc(S(=O)(=O)Nc2ccc(C(C)C)cc2)ccn1. The van der Waals surface area contributed by atoms with Crippen molar-refractivity contribution in [3.8, 4) is 0 Å². The molecule has 0 aliphatic rings. The maximum absolute atomic E-state index is 12.3. The molecule has 0 fully saturated rings. The van der Waals surface area contributed by atoms with Crippen molar-refractivity contribution in [2.45, 2.75) is 24.7 Å². The van der Waals surface area contributed by atoms with Crippen molar-refractivity contribution in [2.24, 2.45) is 0 Å². The predicted molar refractivity (Wildman–Crippen MR) is 85.1 cm³/mol. The average Bonchev–Trinajstić information content (AvgIpc) is 2.47. The van der Waals surface area contributed by atoms with Crippen LogP contribution < -0.4 is 10.0 Å². The van der Waals surface area contributed by atoms with Gasteiger partial charge in [-0.1, -0.05) is 26.0 Å². The van der Waals surface area contributed by atoms with E-state index in [0.717, 1.165) is 0 Å². The first kappa shape index (κ1) is 15.3. The normalized spacial score (nSPS) is 11.4. The zero-order valence-electron chi connectivity index (χ0n) is 12.3. The van der Waals surface area contributed by atoms with Crippen LogP contribution in [0.25, 0.3) is 0 Å². The van der Waals surface area contributed by atoms with Gasteiger partial charge in [0.2, 0.25) is 0 Å². The van der Waals surface area contributed by atoms with Gasteiger partial charge >= 0.3 is 0 Å². The fourth-order valence-corrected chi connectivity index (χ4v) is 2.94. The van der Waals surface area contributed by atoms with Gasteiger partial charge in [0.25, 0.3) is 10.0 Å². The van der Waals surface area contributed by atoms with Crippen molar-refractivity contribution < 1.29 is 8.42 Å². The Balaban J connectivity index is 2.24. The first-order valence-corrected chi connectivity index (χ1v) is 8.17. The van der Waals surface area contributed by atoms with Crippen LogP contribution >= 0.6 is 0 Å². The highest BCUT2D eigenvalue weighted by Crippen LogP contribution is 2.20. The van der Waals surface area contributed by atoms with Crippen molar-refractivity contribution in [3.05, 3.63) is 48.2 Å². The molecule has 0 radical (unpaired) electrons. The van der Waals surface area contributed by atoms with E-state index in [2.05, 4.69) is 28.9 Å². The topological polar surface area (TPSA) is 71.1 Å². The van der Waals surface area contributed by atoms with Gasteiger partial charge in [0.15, 0.2) is 0 Å². The minimum atomic E-state index is -3.61. The van der Waals surface area contributed by atoms with Crippen LogP contribution in [0.4, 0.5) is 11.5 Å². The smallest absolute Gasteiger partial charge is 0.262 e. The summed E-state index contributed by atoms with van der Waals surface area (Å²) in [4.78, 5) is 4.18. The van der Waals surface area contributed by atoms with Gasteiger partial charge in [0.05, 0.1) is 4.90 Å². The largest absolute Gasteiger partial charge is 0.373 e. The molecule has 1 heterocycles. The molecule has 0 bridgehead atoms. The van der Waals surface area contributed by atoms with Crippen molar-refractivity contribution in [1.82, 2.24) is 4.98 Å². The van der Waals surface area contributed by atoms with E-state index in [1.807, 2.05) is 12.1 Å². The summed E-state index contributed by atoms with van der Waals surface area (Å²) in [5.74, 6) is 0.919. The molecule has 1 aromatic carbocycles. The number of hydrogen-bond acceptors (Lipinski definition) is 4. The number of benzene rings is 1. The highest BCUT2D eigenvalue weighted by molar-refractivity contribution is 7.92. The fourth-order valence-electron chi connectivity index (χ4n) is 1.87. The second-order valence-corrected chi connectivity index (χ2v) is 6.69. The maximum Gasteiger partial charge on any atom is 0.262 e. The summed E-state index contributed by atoms with van der Waals surface area (Å²) in [6.07, 6.45) is 1.46. The van der Waals surface area contributed by atoms with Crippen LogP contribution in [0.3, 0.4) is 0 Å². The molecule has 0 atom stereocenters. The van der Waals surface area contributed by atoms with Gasteiger partial charge in [0.1, 0.15) is 5.82 Å². The molecule has 112 valence electrons. The van der Waals surface area contributed by atoms with Gasteiger partial charge in [-0.2, -0.15) is 0 Å². The van der Waals surface area contributed by atoms with Crippen molar-refractivity contribution in [2.75, 3.05) is 17.1 Å². The molecule has 21 heavy (non-hydrogen) atoms. The Morgan fingerprint density at radius 1 is 1.10 bits per heavy atom. The molecule has 0 aliphatic carbocycles. The molecule has 2 aromatic rings. The Morgan fingerprint density at radius 3 is 2.33 bits per heavy atom. The summed E-state index contributed by atoms with van der Waals surface area (Å²) in [6.45, 7) is 4.19. The molecular weight excluding hydrogens is 286 g/mol. The van der Waals surface area contributed by atoms with Gasteiger partial charge < -0.3 is 5.32 Å². The second-order valence-electron chi connectivity index (χ2n) is 5.01. The van der Waals surface area contributed by atoms with E-state index in [1.54, 1.807) is 19.2 Å². The number of pyridine rings is 1. The van der Waals surface area contributed by atoms with Crippen molar-refractivity contribution >= 4 is 21.5 Å². The Labute approximate surface area is 125 Å². The first-order valence-electron chi connectivity index (χ1n) is 6.69. The molecule has 2 rings (SSSR count). The van der Waals surface area contributed by atoms with Crippen LogP contribution in [0.15, 0.2) is 47.5 Å². The maximum atomic E-state index is 12.3. The highest BCUT2D eigenvalue weighted by atomic mass is 32.2. The molecule has 1 aromatic heterocycles. The molecule has 6 heteroatoms. The third-order valence-corrected chi connectivity index (χ3v) is 4.51. The number of nitrogens with zero attached hydrogens (tertiary/aromatic N) is 1. The van der Waals surface area contributed by atoms with Crippen molar-refractivity contribution in [3.63, 3.8) is 0 Å². The van der Waals surface area contributed by atoms with Crippen LogP contribution in [0.2, 0.25) is 0 Å². The standard InChI is InChI=1S/C15H19N3O2S/c1-11(2)12-4-6-13(7-5-12)18-21(19,20)14-8-9-17-15(10-14)16-3/h4-11,18H,1-3H3,(H,16,17).